The molecule has 0 aromatic carbocycles. The molecular weight excluding hydrogens is 172 g/mol. The van der Waals surface area contributed by atoms with Crippen LogP contribution in [-0.2, 0) is 14.8 Å². The standard InChI is InChI=1S/C4H10N2O4S/c1-11(8,9)6-2-3-10-4(5)7/h6H,2-3H2,1H3,(H2,5,7). The molecule has 0 aromatic rings. The number of amides is 1. The zero-order valence-corrected chi connectivity index (χ0v) is 6.85. The number of ether oxygens (including phenoxy) is 1. The highest BCUT2D eigenvalue weighted by atomic mass is 32.2. The van der Waals surface area contributed by atoms with Crippen molar-refractivity contribution in [3.8, 4) is 0 Å². The maximum absolute atomic E-state index is 10.4. The molecule has 0 aliphatic carbocycles. The molecule has 7 heteroatoms. The third-order valence-corrected chi connectivity index (χ3v) is 1.44. The maximum Gasteiger partial charge on any atom is 0.404 e. The van der Waals surface area contributed by atoms with E-state index in [0.717, 1.165) is 6.26 Å². The number of primary amides is 1. The molecule has 0 aliphatic rings. The lowest BCUT2D eigenvalue weighted by Gasteiger charge is -2.01. The first kappa shape index (κ1) is 10.2. The minimum absolute atomic E-state index is 0.0434. The van der Waals surface area contributed by atoms with Crippen LogP contribution in [0.4, 0.5) is 4.79 Å². The molecule has 0 saturated heterocycles. The third-order valence-electron chi connectivity index (χ3n) is 0.711. The van der Waals surface area contributed by atoms with Crippen LogP contribution in [0, 0.1) is 0 Å². The Hall–Kier alpha value is -0.820. The van der Waals surface area contributed by atoms with Crippen molar-refractivity contribution in [2.75, 3.05) is 19.4 Å². The Balaban J connectivity index is 3.37. The maximum atomic E-state index is 10.4. The summed E-state index contributed by atoms with van der Waals surface area (Å²) in [5.41, 5.74) is 4.60. The molecule has 0 aliphatic heterocycles. The van der Waals surface area contributed by atoms with E-state index in [0.29, 0.717) is 0 Å². The Morgan fingerprint density at radius 3 is 2.55 bits per heavy atom. The van der Waals surface area contributed by atoms with Crippen LogP contribution < -0.4 is 10.5 Å². The van der Waals surface area contributed by atoms with Gasteiger partial charge in [0.05, 0.1) is 6.26 Å². The van der Waals surface area contributed by atoms with Crippen molar-refractivity contribution in [3.05, 3.63) is 0 Å². The fourth-order valence-electron chi connectivity index (χ4n) is 0.379. The van der Waals surface area contributed by atoms with E-state index in [-0.39, 0.29) is 13.2 Å². The molecule has 11 heavy (non-hydrogen) atoms. The molecular formula is C4H10N2O4S. The molecule has 0 saturated carbocycles. The summed E-state index contributed by atoms with van der Waals surface area (Å²) in [4.78, 5) is 9.95. The van der Waals surface area contributed by atoms with Gasteiger partial charge in [-0.05, 0) is 0 Å². The molecule has 0 fully saturated rings. The highest BCUT2D eigenvalue weighted by molar-refractivity contribution is 7.88. The summed E-state index contributed by atoms with van der Waals surface area (Å²) in [6.45, 7) is -0.00975. The number of carbonyl (C=O) groups excluding carboxylic acids is 1. The van der Waals surface area contributed by atoms with Gasteiger partial charge in [-0.2, -0.15) is 0 Å². The van der Waals surface area contributed by atoms with E-state index in [1.54, 1.807) is 0 Å². The molecule has 0 spiro atoms. The SMILES string of the molecule is CS(=O)(=O)NCCOC(N)=O. The fourth-order valence-corrected chi connectivity index (χ4v) is 0.833. The van der Waals surface area contributed by atoms with Gasteiger partial charge in [-0.15, -0.1) is 0 Å². The molecule has 6 nitrogen and oxygen atoms in total. The molecule has 0 bridgehead atoms. The lowest BCUT2D eigenvalue weighted by atomic mass is 10.7. The summed E-state index contributed by atoms with van der Waals surface area (Å²) in [5, 5.41) is 0. The van der Waals surface area contributed by atoms with E-state index in [4.69, 9.17) is 0 Å². The summed E-state index contributed by atoms with van der Waals surface area (Å²) in [6, 6.07) is 0. The Morgan fingerprint density at radius 2 is 2.18 bits per heavy atom. The second kappa shape index (κ2) is 4.14. The predicted octanol–water partition coefficient (Wildman–Crippen LogP) is -1.37. The minimum atomic E-state index is -3.20. The Bertz CT molecular complexity index is 222. The van der Waals surface area contributed by atoms with Gasteiger partial charge in [-0.25, -0.2) is 17.9 Å². The Morgan fingerprint density at radius 1 is 1.64 bits per heavy atom. The van der Waals surface area contributed by atoms with Gasteiger partial charge in [0, 0.05) is 6.54 Å². The first-order chi connectivity index (χ1) is 4.92. The van der Waals surface area contributed by atoms with Gasteiger partial charge in [-0.3, -0.25) is 0 Å². The van der Waals surface area contributed by atoms with Crippen molar-refractivity contribution in [2.24, 2.45) is 5.73 Å². The smallest absolute Gasteiger partial charge is 0.404 e. The van der Waals surface area contributed by atoms with Crippen LogP contribution in [0.15, 0.2) is 0 Å². The Labute approximate surface area is 64.8 Å². The summed E-state index contributed by atoms with van der Waals surface area (Å²) in [7, 11) is -3.20. The van der Waals surface area contributed by atoms with Crippen molar-refractivity contribution in [1.82, 2.24) is 4.72 Å². The van der Waals surface area contributed by atoms with Crippen LogP contribution in [0.2, 0.25) is 0 Å². The number of nitrogens with two attached hydrogens (primary N) is 1. The van der Waals surface area contributed by atoms with Crippen LogP contribution in [0.1, 0.15) is 0 Å². The van der Waals surface area contributed by atoms with Crippen molar-refractivity contribution in [2.45, 2.75) is 0 Å². The first-order valence-corrected chi connectivity index (χ1v) is 4.68. The molecule has 0 aromatic heterocycles. The van der Waals surface area contributed by atoms with Gasteiger partial charge in [0.25, 0.3) is 0 Å². The quantitative estimate of drug-likeness (QED) is 0.524. The summed E-state index contributed by atoms with van der Waals surface area (Å²) in [5.74, 6) is 0. The number of hydrogen-bond acceptors (Lipinski definition) is 4. The van der Waals surface area contributed by atoms with Gasteiger partial charge in [-0.1, -0.05) is 0 Å². The van der Waals surface area contributed by atoms with Gasteiger partial charge in [0.2, 0.25) is 10.0 Å². The van der Waals surface area contributed by atoms with Crippen molar-refractivity contribution < 1.29 is 17.9 Å². The molecule has 3 N–H and O–H groups in total. The average Bonchev–Trinajstić information content (AvgIpc) is 1.78. The highest BCUT2D eigenvalue weighted by Crippen LogP contribution is 1.75. The van der Waals surface area contributed by atoms with Crippen molar-refractivity contribution >= 4 is 16.1 Å². The van der Waals surface area contributed by atoms with Crippen molar-refractivity contribution in [1.29, 1.82) is 0 Å². The van der Waals surface area contributed by atoms with E-state index in [2.05, 4.69) is 15.2 Å². The van der Waals surface area contributed by atoms with Gasteiger partial charge < -0.3 is 10.5 Å². The van der Waals surface area contributed by atoms with E-state index in [9.17, 15) is 13.2 Å². The van der Waals surface area contributed by atoms with Crippen LogP contribution in [0.25, 0.3) is 0 Å². The van der Waals surface area contributed by atoms with E-state index in [1.165, 1.54) is 0 Å². The van der Waals surface area contributed by atoms with Gasteiger partial charge in [0.1, 0.15) is 6.61 Å². The molecule has 0 rings (SSSR count). The minimum Gasteiger partial charge on any atom is -0.448 e. The van der Waals surface area contributed by atoms with E-state index in [1.807, 2.05) is 0 Å². The molecule has 0 radical (unpaired) electrons. The zero-order chi connectivity index (χ0) is 8.91. The molecule has 0 unspecified atom stereocenters. The van der Waals surface area contributed by atoms with Crippen LogP contribution in [0.3, 0.4) is 0 Å². The topological polar surface area (TPSA) is 98.5 Å². The summed E-state index contributed by atoms with van der Waals surface area (Å²) >= 11 is 0. The monoisotopic (exact) mass is 182 g/mol. The van der Waals surface area contributed by atoms with Crippen LogP contribution >= 0.6 is 0 Å². The fraction of sp³-hybridized carbons (Fsp3) is 0.750. The lowest BCUT2D eigenvalue weighted by Crippen LogP contribution is -2.27. The molecule has 1 amide bonds. The Kier molecular flexibility index (Phi) is 3.83. The van der Waals surface area contributed by atoms with Crippen LogP contribution in [0.5, 0.6) is 0 Å². The van der Waals surface area contributed by atoms with E-state index < -0.39 is 16.1 Å². The average molecular weight is 182 g/mol. The van der Waals surface area contributed by atoms with Gasteiger partial charge >= 0.3 is 6.09 Å². The third kappa shape index (κ3) is 9.18. The molecule has 0 atom stereocenters. The van der Waals surface area contributed by atoms with Crippen LogP contribution in [-0.4, -0.2) is 33.9 Å². The number of sulfonamides is 1. The second-order valence-electron chi connectivity index (χ2n) is 1.83. The zero-order valence-electron chi connectivity index (χ0n) is 6.03. The lowest BCUT2D eigenvalue weighted by molar-refractivity contribution is 0.159. The second-order valence-corrected chi connectivity index (χ2v) is 3.67. The first-order valence-electron chi connectivity index (χ1n) is 2.78. The summed E-state index contributed by atoms with van der Waals surface area (Å²) < 4.78 is 27.2. The van der Waals surface area contributed by atoms with Gasteiger partial charge in [0.15, 0.2) is 0 Å². The number of carbonyl (C=O) groups is 1. The largest absolute Gasteiger partial charge is 0.448 e. The predicted molar refractivity (Wildman–Crippen MR) is 38.4 cm³/mol. The number of hydrogen-bond donors (Lipinski definition) is 2. The highest BCUT2D eigenvalue weighted by Gasteiger charge is 1.99. The number of rotatable bonds is 4. The normalized spacial score (nSPS) is 11.0. The summed E-state index contributed by atoms with van der Waals surface area (Å²) in [6.07, 6.45) is 0.0948. The number of nitrogens with one attached hydrogen (secondary N) is 1. The molecule has 0 heterocycles. The van der Waals surface area contributed by atoms with E-state index >= 15 is 0 Å². The van der Waals surface area contributed by atoms with Crippen molar-refractivity contribution in [3.63, 3.8) is 0 Å². The molecule has 66 valence electrons.